The summed E-state index contributed by atoms with van der Waals surface area (Å²) in [5.41, 5.74) is 2.20. The van der Waals surface area contributed by atoms with Crippen molar-refractivity contribution < 1.29 is 9.53 Å². The fourth-order valence-corrected chi connectivity index (χ4v) is 2.43. The van der Waals surface area contributed by atoms with Crippen LogP contribution in [0.25, 0.3) is 0 Å². The molecule has 0 radical (unpaired) electrons. The van der Waals surface area contributed by atoms with Gasteiger partial charge in [0, 0.05) is 12.1 Å². The van der Waals surface area contributed by atoms with E-state index in [2.05, 4.69) is 30.5 Å². The van der Waals surface area contributed by atoms with Crippen LogP contribution in [0.15, 0.2) is 18.2 Å². The Hall–Kier alpha value is -1.26. The van der Waals surface area contributed by atoms with Crippen molar-refractivity contribution in [2.24, 2.45) is 0 Å². The van der Waals surface area contributed by atoms with Crippen molar-refractivity contribution in [3.63, 3.8) is 0 Å². The lowest BCUT2D eigenvalue weighted by molar-refractivity contribution is -0.122. The summed E-state index contributed by atoms with van der Waals surface area (Å²) in [7, 11) is 0. The first-order chi connectivity index (χ1) is 10.1. The Morgan fingerprint density at radius 3 is 2.91 bits per heavy atom. The molecule has 0 saturated carbocycles. The van der Waals surface area contributed by atoms with E-state index in [4.69, 9.17) is 4.74 Å². The SMILES string of the molecule is CCC(C)Oc1cc(C)ccc1CNC(=O)C1CCCN1.Cl. The molecule has 1 fully saturated rings. The van der Waals surface area contributed by atoms with Crippen molar-refractivity contribution in [2.75, 3.05) is 6.54 Å². The maximum Gasteiger partial charge on any atom is 0.237 e. The minimum atomic E-state index is -0.0330. The molecule has 1 aromatic rings. The van der Waals surface area contributed by atoms with E-state index in [1.165, 1.54) is 5.56 Å². The third-order valence-corrected chi connectivity index (χ3v) is 3.96. The van der Waals surface area contributed by atoms with Crippen molar-refractivity contribution >= 4 is 18.3 Å². The summed E-state index contributed by atoms with van der Waals surface area (Å²) < 4.78 is 5.97. The number of hydrogen-bond donors (Lipinski definition) is 2. The molecule has 0 spiro atoms. The first kappa shape index (κ1) is 18.8. The Balaban J connectivity index is 0.00000242. The van der Waals surface area contributed by atoms with Gasteiger partial charge < -0.3 is 15.4 Å². The van der Waals surface area contributed by atoms with E-state index < -0.39 is 0 Å². The van der Waals surface area contributed by atoms with Crippen LogP contribution in [0.5, 0.6) is 5.75 Å². The van der Waals surface area contributed by atoms with Crippen molar-refractivity contribution in [3.8, 4) is 5.75 Å². The minimum absolute atomic E-state index is 0. The number of hydrogen-bond acceptors (Lipinski definition) is 3. The summed E-state index contributed by atoms with van der Waals surface area (Å²) in [4.78, 5) is 12.1. The predicted molar refractivity (Wildman–Crippen MR) is 91.7 cm³/mol. The number of carbonyl (C=O) groups is 1. The number of benzene rings is 1. The molecule has 1 saturated heterocycles. The van der Waals surface area contributed by atoms with Gasteiger partial charge in [0.2, 0.25) is 5.91 Å². The second kappa shape index (κ2) is 9.01. The maximum atomic E-state index is 12.1. The normalized spacial score (nSPS) is 18.4. The van der Waals surface area contributed by atoms with Crippen molar-refractivity contribution in [1.29, 1.82) is 0 Å². The van der Waals surface area contributed by atoms with E-state index in [-0.39, 0.29) is 30.5 Å². The van der Waals surface area contributed by atoms with Gasteiger partial charge in [-0.1, -0.05) is 19.1 Å². The van der Waals surface area contributed by atoms with Gasteiger partial charge in [0.15, 0.2) is 0 Å². The van der Waals surface area contributed by atoms with Crippen LogP contribution in [0.3, 0.4) is 0 Å². The molecule has 2 atom stereocenters. The number of nitrogens with one attached hydrogen (secondary N) is 2. The molecule has 2 N–H and O–H groups in total. The fraction of sp³-hybridized carbons (Fsp3) is 0.588. The first-order valence-corrected chi connectivity index (χ1v) is 7.87. The molecule has 1 aromatic carbocycles. The second-order valence-electron chi connectivity index (χ2n) is 5.81. The third-order valence-electron chi connectivity index (χ3n) is 3.96. The highest BCUT2D eigenvalue weighted by Crippen LogP contribution is 2.22. The lowest BCUT2D eigenvalue weighted by Crippen LogP contribution is -2.40. The van der Waals surface area contributed by atoms with Gasteiger partial charge in [0.25, 0.3) is 0 Å². The van der Waals surface area contributed by atoms with Crippen molar-refractivity contribution in [1.82, 2.24) is 10.6 Å². The van der Waals surface area contributed by atoms with Crippen molar-refractivity contribution in [3.05, 3.63) is 29.3 Å². The van der Waals surface area contributed by atoms with E-state index in [1.807, 2.05) is 19.1 Å². The fourth-order valence-electron chi connectivity index (χ4n) is 2.43. The van der Waals surface area contributed by atoms with Gasteiger partial charge in [-0.15, -0.1) is 12.4 Å². The molecular weight excluding hydrogens is 300 g/mol. The Labute approximate surface area is 139 Å². The number of carbonyl (C=O) groups excluding carboxylic acids is 1. The largest absolute Gasteiger partial charge is 0.490 e. The standard InChI is InChI=1S/C17H26N2O2.ClH/c1-4-13(3)21-16-10-12(2)7-8-14(16)11-19-17(20)15-6-5-9-18-15;/h7-8,10,13,15,18H,4-6,9,11H2,1-3H3,(H,19,20);1H. The summed E-state index contributed by atoms with van der Waals surface area (Å²) in [6.45, 7) is 7.67. The second-order valence-corrected chi connectivity index (χ2v) is 5.81. The molecule has 5 heteroatoms. The monoisotopic (exact) mass is 326 g/mol. The average molecular weight is 327 g/mol. The highest BCUT2D eigenvalue weighted by Gasteiger charge is 2.21. The molecule has 0 aliphatic carbocycles. The lowest BCUT2D eigenvalue weighted by Gasteiger charge is -2.18. The van der Waals surface area contributed by atoms with Gasteiger partial charge in [-0.3, -0.25) is 4.79 Å². The van der Waals surface area contributed by atoms with Crippen LogP contribution < -0.4 is 15.4 Å². The topological polar surface area (TPSA) is 50.4 Å². The number of aryl methyl sites for hydroxylation is 1. The molecule has 2 unspecified atom stereocenters. The lowest BCUT2D eigenvalue weighted by atomic mass is 10.1. The number of amides is 1. The summed E-state index contributed by atoms with van der Waals surface area (Å²) in [5.74, 6) is 0.964. The van der Waals surface area contributed by atoms with E-state index in [1.54, 1.807) is 0 Å². The molecular formula is C17H27ClN2O2. The van der Waals surface area contributed by atoms with Gasteiger partial charge in [0.1, 0.15) is 5.75 Å². The van der Waals surface area contributed by atoms with Crippen LogP contribution in [-0.4, -0.2) is 24.6 Å². The average Bonchev–Trinajstić information content (AvgIpc) is 3.00. The van der Waals surface area contributed by atoms with Crippen LogP contribution in [-0.2, 0) is 11.3 Å². The first-order valence-electron chi connectivity index (χ1n) is 7.87. The van der Waals surface area contributed by atoms with Crippen LogP contribution in [0.4, 0.5) is 0 Å². The highest BCUT2D eigenvalue weighted by atomic mass is 35.5. The molecule has 1 aliphatic heterocycles. The Kier molecular flexibility index (Phi) is 7.69. The Morgan fingerprint density at radius 1 is 1.50 bits per heavy atom. The summed E-state index contributed by atoms with van der Waals surface area (Å²) in [6, 6.07) is 6.10. The molecule has 1 amide bonds. The quantitative estimate of drug-likeness (QED) is 0.845. The Bertz CT molecular complexity index is 488. The number of halogens is 1. The van der Waals surface area contributed by atoms with Gasteiger partial charge in [-0.05, 0) is 51.3 Å². The molecule has 124 valence electrons. The zero-order chi connectivity index (χ0) is 15.2. The molecule has 22 heavy (non-hydrogen) atoms. The van der Waals surface area contributed by atoms with Crippen LogP contribution in [0, 0.1) is 6.92 Å². The van der Waals surface area contributed by atoms with Crippen LogP contribution >= 0.6 is 12.4 Å². The Morgan fingerprint density at radius 2 is 2.27 bits per heavy atom. The van der Waals surface area contributed by atoms with Gasteiger partial charge in [-0.2, -0.15) is 0 Å². The van der Waals surface area contributed by atoms with E-state index in [9.17, 15) is 4.79 Å². The van der Waals surface area contributed by atoms with Gasteiger partial charge >= 0.3 is 0 Å². The van der Waals surface area contributed by atoms with Crippen molar-refractivity contribution in [2.45, 2.75) is 58.7 Å². The summed E-state index contributed by atoms with van der Waals surface area (Å²) >= 11 is 0. The molecule has 2 rings (SSSR count). The van der Waals surface area contributed by atoms with Crippen LogP contribution in [0.2, 0.25) is 0 Å². The van der Waals surface area contributed by atoms with Crippen LogP contribution in [0.1, 0.15) is 44.2 Å². The summed E-state index contributed by atoms with van der Waals surface area (Å²) in [5, 5.41) is 6.22. The highest BCUT2D eigenvalue weighted by molar-refractivity contribution is 5.85. The zero-order valence-corrected chi connectivity index (χ0v) is 14.5. The smallest absolute Gasteiger partial charge is 0.237 e. The summed E-state index contributed by atoms with van der Waals surface area (Å²) in [6.07, 6.45) is 3.14. The predicted octanol–water partition coefficient (Wildman–Crippen LogP) is 2.96. The molecule has 0 bridgehead atoms. The van der Waals surface area contributed by atoms with E-state index >= 15 is 0 Å². The maximum absolute atomic E-state index is 12.1. The number of ether oxygens (including phenoxy) is 1. The molecule has 1 heterocycles. The number of rotatable bonds is 6. The molecule has 4 nitrogen and oxygen atoms in total. The van der Waals surface area contributed by atoms with E-state index in [0.717, 1.165) is 37.1 Å². The van der Waals surface area contributed by atoms with E-state index in [0.29, 0.717) is 6.54 Å². The third kappa shape index (κ3) is 5.18. The molecule has 0 aromatic heterocycles. The van der Waals surface area contributed by atoms with Gasteiger partial charge in [0.05, 0.1) is 12.1 Å². The zero-order valence-electron chi connectivity index (χ0n) is 13.6. The van der Waals surface area contributed by atoms with Gasteiger partial charge in [-0.25, -0.2) is 0 Å². The molecule has 1 aliphatic rings. The minimum Gasteiger partial charge on any atom is -0.490 e.